The molecule has 1 aliphatic carbocycles. The van der Waals surface area contributed by atoms with Crippen LogP contribution in [0.25, 0.3) is 0 Å². The third-order valence-electron chi connectivity index (χ3n) is 3.90. The van der Waals surface area contributed by atoms with Gasteiger partial charge in [0.05, 0.1) is 5.56 Å². The first-order valence-corrected chi connectivity index (χ1v) is 9.30. The Labute approximate surface area is 155 Å². The summed E-state index contributed by atoms with van der Waals surface area (Å²) < 4.78 is 5.01. The molecule has 3 N–H and O–H groups in total. The molecule has 0 aliphatic heterocycles. The number of anilines is 1. The van der Waals surface area contributed by atoms with E-state index in [1.165, 1.54) is 11.3 Å². The summed E-state index contributed by atoms with van der Waals surface area (Å²) in [5.41, 5.74) is 0.955. The standard InChI is InChI=1S/C17H23N3O5S/c1-4-7-18-17(24)19-12(21)8-25-16(23)13-9(2)10(3)26-15(13)20-14(22)11-5-6-11/h11H,4-8H2,1-3H3,(H,20,22)(H2,18,19,21,24). The quantitative estimate of drug-likeness (QED) is 0.626. The molecule has 0 bridgehead atoms. The van der Waals surface area contributed by atoms with E-state index in [1.54, 1.807) is 6.92 Å². The predicted molar refractivity (Wildman–Crippen MR) is 97.3 cm³/mol. The molecule has 1 heterocycles. The van der Waals surface area contributed by atoms with Crippen LogP contribution in [0, 0.1) is 19.8 Å². The van der Waals surface area contributed by atoms with Gasteiger partial charge in [0.25, 0.3) is 5.91 Å². The zero-order valence-electron chi connectivity index (χ0n) is 15.1. The Bertz CT molecular complexity index is 724. The van der Waals surface area contributed by atoms with Crippen molar-refractivity contribution in [1.29, 1.82) is 0 Å². The minimum absolute atomic E-state index is 0.00833. The van der Waals surface area contributed by atoms with Crippen LogP contribution in [0.5, 0.6) is 0 Å². The molecule has 1 aliphatic rings. The molecule has 2 rings (SSSR count). The highest BCUT2D eigenvalue weighted by Crippen LogP contribution is 2.36. The molecule has 0 spiro atoms. The summed E-state index contributed by atoms with van der Waals surface area (Å²) in [5.74, 6) is -1.53. The molecule has 0 unspecified atom stereocenters. The third-order valence-corrected chi connectivity index (χ3v) is 5.02. The molecular formula is C17H23N3O5S. The number of hydrogen-bond donors (Lipinski definition) is 3. The van der Waals surface area contributed by atoms with Gasteiger partial charge in [0.2, 0.25) is 5.91 Å². The molecule has 1 fully saturated rings. The maximum Gasteiger partial charge on any atom is 0.341 e. The molecule has 4 amide bonds. The number of imide groups is 1. The molecular weight excluding hydrogens is 358 g/mol. The van der Waals surface area contributed by atoms with Crippen LogP contribution in [-0.2, 0) is 14.3 Å². The van der Waals surface area contributed by atoms with Gasteiger partial charge in [-0.25, -0.2) is 9.59 Å². The number of carbonyl (C=O) groups excluding carboxylic acids is 4. The first-order chi connectivity index (χ1) is 12.3. The van der Waals surface area contributed by atoms with E-state index in [4.69, 9.17) is 4.74 Å². The highest BCUT2D eigenvalue weighted by atomic mass is 32.1. The zero-order chi connectivity index (χ0) is 19.3. The molecule has 1 saturated carbocycles. The smallest absolute Gasteiger partial charge is 0.341 e. The second-order valence-electron chi connectivity index (χ2n) is 6.13. The Morgan fingerprint density at radius 1 is 1.19 bits per heavy atom. The highest BCUT2D eigenvalue weighted by molar-refractivity contribution is 7.16. The normalized spacial score (nSPS) is 13.0. The van der Waals surface area contributed by atoms with E-state index in [0.29, 0.717) is 17.1 Å². The Morgan fingerprint density at radius 2 is 1.88 bits per heavy atom. The fourth-order valence-electron chi connectivity index (χ4n) is 2.17. The van der Waals surface area contributed by atoms with Gasteiger partial charge in [0, 0.05) is 17.3 Å². The van der Waals surface area contributed by atoms with Crippen molar-refractivity contribution >= 4 is 40.2 Å². The van der Waals surface area contributed by atoms with Crippen LogP contribution in [0.2, 0.25) is 0 Å². The molecule has 0 radical (unpaired) electrons. The van der Waals surface area contributed by atoms with Gasteiger partial charge in [0.15, 0.2) is 6.61 Å². The van der Waals surface area contributed by atoms with Gasteiger partial charge in [0.1, 0.15) is 5.00 Å². The number of ether oxygens (including phenoxy) is 1. The minimum atomic E-state index is -0.722. The van der Waals surface area contributed by atoms with Crippen LogP contribution in [0.15, 0.2) is 0 Å². The predicted octanol–water partition coefficient (Wildman–Crippen LogP) is 2.11. The van der Waals surface area contributed by atoms with Crippen LogP contribution >= 0.6 is 11.3 Å². The number of urea groups is 1. The third kappa shape index (κ3) is 5.29. The number of rotatable bonds is 7. The largest absolute Gasteiger partial charge is 0.452 e. The summed E-state index contributed by atoms with van der Waals surface area (Å²) in [7, 11) is 0. The van der Waals surface area contributed by atoms with E-state index in [2.05, 4.69) is 16.0 Å². The van der Waals surface area contributed by atoms with Crippen molar-refractivity contribution in [2.75, 3.05) is 18.5 Å². The average molecular weight is 381 g/mol. The number of esters is 1. The van der Waals surface area contributed by atoms with E-state index < -0.39 is 24.5 Å². The highest BCUT2D eigenvalue weighted by Gasteiger charge is 2.31. The second-order valence-corrected chi connectivity index (χ2v) is 7.36. The van der Waals surface area contributed by atoms with Crippen LogP contribution in [0.4, 0.5) is 9.80 Å². The molecule has 1 aromatic rings. The summed E-state index contributed by atoms with van der Waals surface area (Å²) in [6.07, 6.45) is 2.45. The first-order valence-electron chi connectivity index (χ1n) is 8.49. The lowest BCUT2D eigenvalue weighted by atomic mass is 10.1. The Kier molecular flexibility index (Phi) is 6.73. The molecule has 142 valence electrons. The van der Waals surface area contributed by atoms with Gasteiger partial charge in [-0.05, 0) is 38.7 Å². The van der Waals surface area contributed by atoms with Gasteiger partial charge >= 0.3 is 12.0 Å². The number of hydrogen-bond acceptors (Lipinski definition) is 6. The Hall–Kier alpha value is -2.42. The Morgan fingerprint density at radius 3 is 2.50 bits per heavy atom. The zero-order valence-corrected chi connectivity index (χ0v) is 15.9. The molecule has 0 aromatic carbocycles. The maximum atomic E-state index is 12.4. The molecule has 1 aromatic heterocycles. The number of nitrogens with one attached hydrogen (secondary N) is 3. The van der Waals surface area contributed by atoms with Crippen LogP contribution < -0.4 is 16.0 Å². The lowest BCUT2D eigenvalue weighted by molar-refractivity contribution is -0.123. The molecule has 0 saturated heterocycles. The summed E-state index contributed by atoms with van der Waals surface area (Å²) in [6.45, 7) is 5.34. The van der Waals surface area contributed by atoms with Crippen LogP contribution in [0.1, 0.15) is 47.0 Å². The van der Waals surface area contributed by atoms with Crippen molar-refractivity contribution in [1.82, 2.24) is 10.6 Å². The summed E-state index contributed by atoms with van der Waals surface area (Å²) in [5, 5.41) is 7.77. The van der Waals surface area contributed by atoms with E-state index in [-0.39, 0.29) is 17.4 Å². The fraction of sp³-hybridized carbons (Fsp3) is 0.529. The van der Waals surface area contributed by atoms with Gasteiger partial charge in [-0.3, -0.25) is 14.9 Å². The van der Waals surface area contributed by atoms with E-state index >= 15 is 0 Å². The Balaban J connectivity index is 1.95. The maximum absolute atomic E-state index is 12.4. The van der Waals surface area contributed by atoms with Crippen molar-refractivity contribution in [3.8, 4) is 0 Å². The minimum Gasteiger partial charge on any atom is -0.452 e. The van der Waals surface area contributed by atoms with Gasteiger partial charge in [-0.1, -0.05) is 6.92 Å². The lowest BCUT2D eigenvalue weighted by Gasteiger charge is -2.09. The van der Waals surface area contributed by atoms with Crippen LogP contribution in [-0.4, -0.2) is 37.0 Å². The average Bonchev–Trinajstić information content (AvgIpc) is 3.39. The molecule has 0 atom stereocenters. The van der Waals surface area contributed by atoms with Gasteiger partial charge in [-0.2, -0.15) is 0 Å². The van der Waals surface area contributed by atoms with Gasteiger partial charge in [-0.15, -0.1) is 11.3 Å². The second kappa shape index (κ2) is 8.79. The molecule has 26 heavy (non-hydrogen) atoms. The van der Waals surface area contributed by atoms with Crippen molar-refractivity contribution in [2.24, 2.45) is 5.92 Å². The number of amides is 4. The number of aryl methyl sites for hydroxylation is 1. The SMILES string of the molecule is CCCNC(=O)NC(=O)COC(=O)c1c(NC(=O)C2CC2)sc(C)c1C. The van der Waals surface area contributed by atoms with E-state index in [0.717, 1.165) is 24.1 Å². The summed E-state index contributed by atoms with van der Waals surface area (Å²) >= 11 is 1.30. The van der Waals surface area contributed by atoms with Crippen LogP contribution in [0.3, 0.4) is 0 Å². The van der Waals surface area contributed by atoms with Gasteiger partial charge < -0.3 is 15.4 Å². The topological polar surface area (TPSA) is 114 Å². The van der Waals surface area contributed by atoms with E-state index in [1.807, 2.05) is 13.8 Å². The number of carbonyl (C=O) groups is 4. The molecule has 9 heteroatoms. The van der Waals surface area contributed by atoms with Crippen molar-refractivity contribution < 1.29 is 23.9 Å². The van der Waals surface area contributed by atoms with Crippen molar-refractivity contribution in [3.05, 3.63) is 16.0 Å². The van der Waals surface area contributed by atoms with Crippen molar-refractivity contribution in [3.63, 3.8) is 0 Å². The molecule has 8 nitrogen and oxygen atoms in total. The van der Waals surface area contributed by atoms with E-state index in [9.17, 15) is 19.2 Å². The summed E-state index contributed by atoms with van der Waals surface area (Å²) in [6, 6.07) is -0.632. The fourth-order valence-corrected chi connectivity index (χ4v) is 3.22. The van der Waals surface area contributed by atoms with Crippen molar-refractivity contribution in [2.45, 2.75) is 40.0 Å². The first kappa shape index (κ1) is 19.9. The summed E-state index contributed by atoms with van der Waals surface area (Å²) in [4.78, 5) is 48.3. The lowest BCUT2D eigenvalue weighted by Crippen LogP contribution is -2.41. The monoisotopic (exact) mass is 381 g/mol. The number of thiophene rings is 1.